The monoisotopic (exact) mass is 831 g/mol. The zero-order chi connectivity index (χ0) is 43.4. The van der Waals surface area contributed by atoms with Crippen LogP contribution in [0.1, 0.15) is 252 Å². The summed E-state index contributed by atoms with van der Waals surface area (Å²) in [6.07, 6.45) is 34.8. The molecule has 0 aliphatic rings. The van der Waals surface area contributed by atoms with Crippen LogP contribution in [0.4, 0.5) is 5.69 Å². The molecular weight excluding hydrogens is 737 g/mol. The highest BCUT2D eigenvalue weighted by molar-refractivity contribution is 5.69. The van der Waals surface area contributed by atoms with Gasteiger partial charge in [-0.3, -0.25) is 19.2 Å². The molecule has 8 nitrogen and oxygen atoms in total. The van der Waals surface area contributed by atoms with E-state index in [1.807, 2.05) is 13.8 Å². The molecule has 0 aromatic heterocycles. The van der Waals surface area contributed by atoms with Crippen LogP contribution in [0.3, 0.4) is 0 Å². The van der Waals surface area contributed by atoms with Crippen LogP contribution in [0.25, 0.3) is 0 Å². The van der Waals surface area contributed by atoms with Gasteiger partial charge in [0.25, 0.3) is 0 Å². The van der Waals surface area contributed by atoms with Gasteiger partial charge in [-0.05, 0) is 95.7 Å². The van der Waals surface area contributed by atoms with Gasteiger partial charge in [0.15, 0.2) is 0 Å². The Morgan fingerprint density at radius 2 is 1.00 bits per heavy atom. The molecule has 1 aromatic rings. The van der Waals surface area contributed by atoms with Crippen LogP contribution in [0.2, 0.25) is 0 Å². The second-order valence-corrected chi connectivity index (χ2v) is 18.1. The van der Waals surface area contributed by atoms with Crippen LogP contribution in [0, 0.1) is 5.92 Å². The van der Waals surface area contributed by atoms with E-state index < -0.39 is 0 Å². The van der Waals surface area contributed by atoms with Gasteiger partial charge >= 0.3 is 11.9 Å². The number of unbranched alkanes of at least 4 members (excludes halogenated alkanes) is 19. The van der Waals surface area contributed by atoms with Crippen LogP contribution in [-0.4, -0.2) is 55.7 Å². The molecule has 0 aliphatic carbocycles. The first kappa shape index (κ1) is 54.8. The standard InChI is InChI=1S/C51H94N2O6/c1-7-11-14-17-20-26-34-44(33-25-16-13-9-3)42-58-46(54)36-29-24-31-40-53(41-32-38-52-49-48(43(5)6)50(56)51(49)57)39-30-23-19-22-28-37-47(55)59-45(10-4)35-27-21-18-15-12-8-2/h43-45,52H,7-42H2,1-6H3. The fourth-order valence-electron chi connectivity index (χ4n) is 8.31. The number of hydrogen-bond donors (Lipinski definition) is 1. The summed E-state index contributed by atoms with van der Waals surface area (Å²) in [5, 5.41) is 3.26. The highest BCUT2D eigenvalue weighted by Crippen LogP contribution is 2.21. The van der Waals surface area contributed by atoms with Crippen molar-refractivity contribution in [1.82, 2.24) is 4.90 Å². The minimum absolute atomic E-state index is 0.0365. The van der Waals surface area contributed by atoms with Gasteiger partial charge in [-0.15, -0.1) is 0 Å². The molecule has 0 fully saturated rings. The summed E-state index contributed by atoms with van der Waals surface area (Å²) in [7, 11) is 0. The SMILES string of the molecule is CCCCCCCCC(CCCCCC)COC(=O)CCCCCN(CCCCCCCC(=O)OC(CC)CCCCCCCC)CCCNc1c(C(C)C)c(=O)c1=O. The lowest BCUT2D eigenvalue weighted by atomic mass is 9.95. The predicted octanol–water partition coefficient (Wildman–Crippen LogP) is 13.4. The second-order valence-electron chi connectivity index (χ2n) is 18.1. The summed E-state index contributed by atoms with van der Waals surface area (Å²) in [6.45, 7) is 16.9. The molecule has 0 saturated carbocycles. The van der Waals surface area contributed by atoms with E-state index >= 15 is 0 Å². The summed E-state index contributed by atoms with van der Waals surface area (Å²) >= 11 is 0. The molecular formula is C51H94N2O6. The first-order valence-electron chi connectivity index (χ1n) is 25.3. The molecule has 2 unspecified atom stereocenters. The van der Waals surface area contributed by atoms with Crippen LogP contribution in [0.15, 0.2) is 9.59 Å². The summed E-state index contributed by atoms with van der Waals surface area (Å²) in [5.74, 6) is 0.467. The number of nitrogens with zero attached hydrogens (tertiary/aromatic N) is 1. The molecule has 1 aromatic carbocycles. The minimum Gasteiger partial charge on any atom is -0.465 e. The Labute approximate surface area is 363 Å². The van der Waals surface area contributed by atoms with Crippen molar-refractivity contribution in [3.05, 3.63) is 26.0 Å². The molecule has 344 valence electrons. The Balaban J connectivity index is 2.46. The maximum absolute atomic E-state index is 12.7. The third-order valence-corrected chi connectivity index (χ3v) is 12.2. The smallest absolute Gasteiger partial charge is 0.306 e. The van der Waals surface area contributed by atoms with Crippen LogP contribution in [-0.2, 0) is 19.1 Å². The Morgan fingerprint density at radius 1 is 0.542 bits per heavy atom. The van der Waals surface area contributed by atoms with Crippen LogP contribution in [0.5, 0.6) is 0 Å². The van der Waals surface area contributed by atoms with E-state index in [9.17, 15) is 19.2 Å². The van der Waals surface area contributed by atoms with Gasteiger partial charge in [-0.2, -0.15) is 0 Å². The number of hydrogen-bond acceptors (Lipinski definition) is 8. The van der Waals surface area contributed by atoms with Gasteiger partial charge in [0.2, 0.25) is 10.9 Å². The molecule has 59 heavy (non-hydrogen) atoms. The fourth-order valence-corrected chi connectivity index (χ4v) is 8.31. The quantitative estimate of drug-likeness (QED) is 0.0394. The molecule has 0 saturated heterocycles. The van der Waals surface area contributed by atoms with Gasteiger partial charge in [-0.1, -0.05) is 164 Å². The van der Waals surface area contributed by atoms with E-state index in [0.717, 1.165) is 96.7 Å². The molecule has 1 rings (SSSR count). The first-order chi connectivity index (χ1) is 28.7. The number of esters is 2. The molecule has 2 atom stereocenters. The summed E-state index contributed by atoms with van der Waals surface area (Å²) in [5.41, 5.74) is 0.433. The maximum atomic E-state index is 12.7. The van der Waals surface area contributed by atoms with Crippen molar-refractivity contribution in [3.8, 4) is 0 Å². The number of anilines is 1. The van der Waals surface area contributed by atoms with Crippen molar-refractivity contribution in [1.29, 1.82) is 0 Å². The van der Waals surface area contributed by atoms with E-state index in [1.165, 1.54) is 109 Å². The van der Waals surface area contributed by atoms with Gasteiger partial charge in [0.05, 0.1) is 12.3 Å². The number of carbonyl (C=O) groups excluding carboxylic acids is 2. The van der Waals surface area contributed by atoms with E-state index in [0.29, 0.717) is 43.2 Å². The average molecular weight is 831 g/mol. The number of ether oxygens (including phenoxy) is 2. The van der Waals surface area contributed by atoms with Crippen molar-refractivity contribution < 1.29 is 19.1 Å². The van der Waals surface area contributed by atoms with Gasteiger partial charge < -0.3 is 19.7 Å². The van der Waals surface area contributed by atoms with Crippen molar-refractivity contribution in [2.75, 3.05) is 38.1 Å². The lowest BCUT2D eigenvalue weighted by Crippen LogP contribution is -2.39. The van der Waals surface area contributed by atoms with Crippen molar-refractivity contribution >= 4 is 17.6 Å². The molecule has 1 N–H and O–H groups in total. The number of nitrogens with one attached hydrogen (secondary N) is 1. The average Bonchev–Trinajstić information content (AvgIpc) is 3.22. The lowest BCUT2D eigenvalue weighted by molar-refractivity contribution is -0.150. The number of carbonyl (C=O) groups is 2. The highest BCUT2D eigenvalue weighted by Gasteiger charge is 2.22. The Kier molecular flexibility index (Phi) is 34.9. The van der Waals surface area contributed by atoms with Gasteiger partial charge in [-0.25, -0.2) is 0 Å². The van der Waals surface area contributed by atoms with E-state index in [1.54, 1.807) is 0 Å². The van der Waals surface area contributed by atoms with Crippen LogP contribution >= 0.6 is 0 Å². The molecule has 8 heteroatoms. The second kappa shape index (κ2) is 37.5. The van der Waals surface area contributed by atoms with E-state index in [-0.39, 0.29) is 34.8 Å². The zero-order valence-corrected chi connectivity index (χ0v) is 39.6. The zero-order valence-electron chi connectivity index (χ0n) is 39.6. The van der Waals surface area contributed by atoms with Crippen molar-refractivity contribution in [2.24, 2.45) is 5.92 Å². The third-order valence-electron chi connectivity index (χ3n) is 12.2. The van der Waals surface area contributed by atoms with Gasteiger partial charge in [0, 0.05) is 24.9 Å². The van der Waals surface area contributed by atoms with E-state index in [4.69, 9.17) is 9.47 Å². The van der Waals surface area contributed by atoms with Crippen molar-refractivity contribution in [3.63, 3.8) is 0 Å². The molecule has 0 bridgehead atoms. The highest BCUT2D eigenvalue weighted by atomic mass is 16.5. The van der Waals surface area contributed by atoms with Gasteiger partial charge in [0.1, 0.15) is 6.10 Å². The summed E-state index contributed by atoms with van der Waals surface area (Å²) in [4.78, 5) is 52.0. The van der Waals surface area contributed by atoms with Crippen molar-refractivity contribution in [2.45, 2.75) is 253 Å². The van der Waals surface area contributed by atoms with Crippen LogP contribution < -0.4 is 16.2 Å². The molecule has 0 aliphatic heterocycles. The first-order valence-corrected chi connectivity index (χ1v) is 25.3. The fraction of sp³-hybridized carbons (Fsp3) is 0.882. The Morgan fingerprint density at radius 3 is 1.56 bits per heavy atom. The molecule has 0 radical (unpaired) electrons. The number of rotatable bonds is 43. The third kappa shape index (κ3) is 28.1. The largest absolute Gasteiger partial charge is 0.465 e. The molecule has 0 amide bonds. The van der Waals surface area contributed by atoms with E-state index in [2.05, 4.69) is 37.9 Å². The Bertz CT molecular complexity index is 1220. The maximum Gasteiger partial charge on any atom is 0.306 e. The normalized spacial score (nSPS) is 12.7. The lowest BCUT2D eigenvalue weighted by Gasteiger charge is -2.23. The molecule has 0 heterocycles. The topological polar surface area (TPSA) is 102 Å². The Hall–Kier alpha value is -2.22. The summed E-state index contributed by atoms with van der Waals surface area (Å²) < 4.78 is 11.7. The minimum atomic E-state index is -0.379. The molecule has 0 spiro atoms. The summed E-state index contributed by atoms with van der Waals surface area (Å²) in [6, 6.07) is 0. The predicted molar refractivity (Wildman–Crippen MR) is 251 cm³/mol.